The van der Waals surface area contributed by atoms with Gasteiger partial charge < -0.3 is 14.4 Å². The van der Waals surface area contributed by atoms with E-state index in [1.54, 1.807) is 0 Å². The Morgan fingerprint density at radius 1 is 1.77 bits per heavy atom. The highest BCUT2D eigenvalue weighted by molar-refractivity contribution is 5.75. The van der Waals surface area contributed by atoms with Gasteiger partial charge in [-0.2, -0.15) is 0 Å². The van der Waals surface area contributed by atoms with E-state index >= 15 is 0 Å². The van der Waals surface area contributed by atoms with Crippen molar-refractivity contribution in [3.63, 3.8) is 0 Å². The molecule has 1 unspecified atom stereocenters. The fraction of sp³-hybridized carbons (Fsp3) is 0.778. The molecule has 1 aliphatic rings. The monoisotopic (exact) mass is 184 g/mol. The van der Waals surface area contributed by atoms with Crippen LogP contribution >= 0.6 is 0 Å². The average molecular weight is 184 g/mol. The van der Waals surface area contributed by atoms with Crippen molar-refractivity contribution in [2.24, 2.45) is 0 Å². The van der Waals surface area contributed by atoms with E-state index in [2.05, 4.69) is 4.90 Å². The first kappa shape index (κ1) is 10.2. The van der Waals surface area contributed by atoms with Crippen molar-refractivity contribution >= 4 is 12.2 Å². The van der Waals surface area contributed by atoms with Crippen molar-refractivity contribution in [3.8, 4) is 0 Å². The van der Waals surface area contributed by atoms with Crippen LogP contribution in [-0.2, 0) is 9.53 Å². The molecule has 1 heterocycles. The minimum atomic E-state index is 0.157. The Morgan fingerprint density at radius 3 is 3.08 bits per heavy atom. The van der Waals surface area contributed by atoms with E-state index in [9.17, 15) is 4.79 Å². The van der Waals surface area contributed by atoms with Gasteiger partial charge in [0.25, 0.3) is 0 Å². The molecule has 0 bridgehead atoms. The van der Waals surface area contributed by atoms with E-state index in [1.807, 2.05) is 7.05 Å². The van der Waals surface area contributed by atoms with Gasteiger partial charge in [0, 0.05) is 25.9 Å². The smallest absolute Gasteiger partial charge is 0.181 e. The molecule has 4 heteroatoms. The summed E-state index contributed by atoms with van der Waals surface area (Å²) >= 11 is 0. The van der Waals surface area contributed by atoms with Crippen LogP contribution in [0.4, 0.5) is 0 Å². The summed E-state index contributed by atoms with van der Waals surface area (Å²) in [6.45, 7) is 1.93. The van der Waals surface area contributed by atoms with Gasteiger partial charge in [-0.3, -0.25) is 5.41 Å². The van der Waals surface area contributed by atoms with E-state index in [4.69, 9.17) is 10.1 Å². The molecule has 0 amide bonds. The normalized spacial score (nSPS) is 23.0. The highest BCUT2D eigenvalue weighted by Crippen LogP contribution is 2.11. The Labute approximate surface area is 78.4 Å². The minimum absolute atomic E-state index is 0.157. The quantitative estimate of drug-likeness (QED) is 0.397. The maximum absolute atomic E-state index is 10.0. The van der Waals surface area contributed by atoms with Crippen LogP contribution in [0.2, 0.25) is 0 Å². The molecule has 0 aromatic rings. The number of likely N-dealkylation sites (N-methyl/N-ethyl adjacent to an activating group) is 1. The number of nitrogens with one attached hydrogen (secondary N) is 1. The van der Waals surface area contributed by atoms with Crippen molar-refractivity contribution in [1.29, 1.82) is 5.41 Å². The molecule has 1 atom stereocenters. The number of rotatable bonds is 4. The minimum Gasteiger partial charge on any atom is -0.477 e. The molecule has 1 N–H and O–H groups in total. The molecule has 0 spiro atoms. The van der Waals surface area contributed by atoms with Crippen LogP contribution in [0.25, 0.3) is 0 Å². The average Bonchev–Trinajstić information content (AvgIpc) is 2.48. The first-order valence-electron chi connectivity index (χ1n) is 4.58. The molecular formula is C9H16N2O2. The number of nitrogens with zero attached hydrogens (tertiary/aromatic N) is 1. The van der Waals surface area contributed by atoms with E-state index in [-0.39, 0.29) is 12.0 Å². The van der Waals surface area contributed by atoms with Crippen LogP contribution < -0.4 is 0 Å². The summed E-state index contributed by atoms with van der Waals surface area (Å²) in [6.07, 6.45) is 2.79. The van der Waals surface area contributed by atoms with E-state index in [0.717, 1.165) is 25.8 Å². The topological polar surface area (TPSA) is 53.4 Å². The first-order chi connectivity index (χ1) is 6.22. The summed E-state index contributed by atoms with van der Waals surface area (Å²) in [6, 6.07) is 0. The summed E-state index contributed by atoms with van der Waals surface area (Å²) in [5.74, 6) is 0.243. The number of carbonyl (C=O) groups excluding carboxylic acids is 1. The lowest BCUT2D eigenvalue weighted by atomic mass is 10.3. The molecule has 0 aliphatic carbocycles. The van der Waals surface area contributed by atoms with Crippen molar-refractivity contribution in [2.45, 2.75) is 25.4 Å². The molecule has 0 aromatic heterocycles. The summed E-state index contributed by atoms with van der Waals surface area (Å²) in [5.41, 5.74) is 0. The Bertz CT molecular complexity index is 194. The van der Waals surface area contributed by atoms with Crippen molar-refractivity contribution in [3.05, 3.63) is 0 Å². The molecule has 0 saturated carbocycles. The van der Waals surface area contributed by atoms with E-state index in [0.29, 0.717) is 12.8 Å². The maximum Gasteiger partial charge on any atom is 0.181 e. The molecule has 1 saturated heterocycles. The van der Waals surface area contributed by atoms with E-state index in [1.165, 1.54) is 0 Å². The Balaban J connectivity index is 2.16. The number of aldehydes is 1. The summed E-state index contributed by atoms with van der Waals surface area (Å²) < 4.78 is 5.37. The number of ether oxygens (including phenoxy) is 1. The predicted octanol–water partition coefficient (Wildman–Crippen LogP) is 0.663. The van der Waals surface area contributed by atoms with Crippen LogP contribution in [0.3, 0.4) is 0 Å². The maximum atomic E-state index is 10.0. The molecule has 0 radical (unpaired) electrons. The third kappa shape index (κ3) is 3.55. The Kier molecular flexibility index (Phi) is 3.89. The van der Waals surface area contributed by atoms with Crippen LogP contribution in [0.5, 0.6) is 0 Å². The highest BCUT2D eigenvalue weighted by atomic mass is 16.5. The first-order valence-corrected chi connectivity index (χ1v) is 4.58. The van der Waals surface area contributed by atoms with E-state index < -0.39 is 0 Å². The SMILES string of the molecule is CN1CCC(OC(=N)CCC=O)C1. The highest BCUT2D eigenvalue weighted by Gasteiger charge is 2.21. The molecule has 4 nitrogen and oxygen atoms in total. The zero-order valence-corrected chi connectivity index (χ0v) is 7.95. The summed E-state index contributed by atoms with van der Waals surface area (Å²) in [7, 11) is 2.04. The second kappa shape index (κ2) is 4.97. The van der Waals surface area contributed by atoms with Gasteiger partial charge in [0.05, 0.1) is 0 Å². The predicted molar refractivity (Wildman–Crippen MR) is 50.0 cm³/mol. The zero-order valence-electron chi connectivity index (χ0n) is 7.95. The lowest BCUT2D eigenvalue weighted by Gasteiger charge is -2.13. The number of likely N-dealkylation sites (tertiary alicyclic amines) is 1. The Hall–Kier alpha value is -0.900. The second-order valence-electron chi connectivity index (χ2n) is 3.42. The lowest BCUT2D eigenvalue weighted by Crippen LogP contribution is -2.21. The third-order valence-electron chi connectivity index (χ3n) is 2.15. The fourth-order valence-electron chi connectivity index (χ4n) is 1.44. The van der Waals surface area contributed by atoms with Gasteiger partial charge in [0.2, 0.25) is 0 Å². The molecular weight excluding hydrogens is 168 g/mol. The number of hydrogen-bond donors (Lipinski definition) is 1. The third-order valence-corrected chi connectivity index (χ3v) is 2.15. The summed E-state index contributed by atoms with van der Waals surface area (Å²) in [4.78, 5) is 12.2. The molecule has 1 fully saturated rings. The van der Waals surface area contributed by atoms with Crippen LogP contribution in [-0.4, -0.2) is 43.3 Å². The van der Waals surface area contributed by atoms with Gasteiger partial charge in [-0.1, -0.05) is 0 Å². The zero-order chi connectivity index (χ0) is 9.68. The van der Waals surface area contributed by atoms with Crippen LogP contribution in [0, 0.1) is 5.41 Å². The summed E-state index contributed by atoms with van der Waals surface area (Å²) in [5, 5.41) is 7.42. The van der Waals surface area contributed by atoms with Gasteiger partial charge in [-0.05, 0) is 13.5 Å². The van der Waals surface area contributed by atoms with Gasteiger partial charge in [0.1, 0.15) is 12.4 Å². The number of hydrogen-bond acceptors (Lipinski definition) is 4. The standard InChI is InChI=1S/C9H16N2O2/c1-11-5-4-8(7-11)13-9(10)3-2-6-12/h6,8,10H,2-5,7H2,1H3. The van der Waals surface area contributed by atoms with Gasteiger partial charge in [0.15, 0.2) is 5.90 Å². The van der Waals surface area contributed by atoms with Crippen molar-refractivity contribution in [2.75, 3.05) is 20.1 Å². The van der Waals surface area contributed by atoms with Crippen molar-refractivity contribution < 1.29 is 9.53 Å². The lowest BCUT2D eigenvalue weighted by molar-refractivity contribution is -0.107. The van der Waals surface area contributed by atoms with Crippen molar-refractivity contribution in [1.82, 2.24) is 4.90 Å². The molecule has 0 aromatic carbocycles. The van der Waals surface area contributed by atoms with Gasteiger partial charge in [-0.25, -0.2) is 0 Å². The van der Waals surface area contributed by atoms with Crippen LogP contribution in [0.15, 0.2) is 0 Å². The molecule has 13 heavy (non-hydrogen) atoms. The largest absolute Gasteiger partial charge is 0.477 e. The van der Waals surface area contributed by atoms with Gasteiger partial charge in [-0.15, -0.1) is 0 Å². The molecule has 1 rings (SSSR count). The second-order valence-corrected chi connectivity index (χ2v) is 3.42. The van der Waals surface area contributed by atoms with Crippen LogP contribution in [0.1, 0.15) is 19.3 Å². The Morgan fingerprint density at radius 2 is 2.54 bits per heavy atom. The van der Waals surface area contributed by atoms with Gasteiger partial charge >= 0.3 is 0 Å². The number of carbonyl (C=O) groups is 1. The molecule has 1 aliphatic heterocycles. The molecule has 74 valence electrons. The fourth-order valence-corrected chi connectivity index (χ4v) is 1.44.